The molecule has 24 heavy (non-hydrogen) atoms. The Morgan fingerprint density at radius 1 is 0.792 bits per heavy atom. The van der Waals surface area contributed by atoms with Crippen molar-refractivity contribution in [3.05, 3.63) is 95.8 Å². The van der Waals surface area contributed by atoms with Gasteiger partial charge in [0.25, 0.3) is 0 Å². The van der Waals surface area contributed by atoms with Gasteiger partial charge in [0.05, 0.1) is 5.69 Å². The van der Waals surface area contributed by atoms with Gasteiger partial charge in [-0.25, -0.2) is 0 Å². The Morgan fingerprint density at radius 3 is 2.33 bits per heavy atom. The molecule has 1 heterocycles. The van der Waals surface area contributed by atoms with Crippen molar-refractivity contribution in [2.45, 2.75) is 19.7 Å². The van der Waals surface area contributed by atoms with Crippen molar-refractivity contribution < 1.29 is 4.74 Å². The molecule has 0 aliphatic carbocycles. The van der Waals surface area contributed by atoms with E-state index in [0.29, 0.717) is 6.61 Å². The topological polar surface area (TPSA) is 34.1 Å². The molecule has 0 saturated heterocycles. The minimum atomic E-state index is 0. The van der Waals surface area contributed by atoms with Gasteiger partial charge in [0.15, 0.2) is 0 Å². The normalized spacial score (nSPS) is 10.0. The van der Waals surface area contributed by atoms with E-state index in [9.17, 15) is 0 Å². The van der Waals surface area contributed by atoms with Gasteiger partial charge in [-0.1, -0.05) is 54.6 Å². The van der Waals surface area contributed by atoms with Gasteiger partial charge in [0.1, 0.15) is 12.4 Å². The van der Waals surface area contributed by atoms with Crippen LogP contribution >= 0.6 is 12.4 Å². The molecule has 2 aromatic carbocycles. The van der Waals surface area contributed by atoms with Gasteiger partial charge in [-0.15, -0.1) is 12.4 Å². The number of halogens is 1. The van der Waals surface area contributed by atoms with Crippen LogP contribution in [0.2, 0.25) is 0 Å². The molecule has 3 nitrogen and oxygen atoms in total. The Bertz CT molecular complexity index is 720. The van der Waals surface area contributed by atoms with Crippen molar-refractivity contribution in [1.82, 2.24) is 10.3 Å². The molecule has 0 fully saturated rings. The van der Waals surface area contributed by atoms with Crippen LogP contribution < -0.4 is 10.1 Å². The number of hydrogen-bond donors (Lipinski definition) is 1. The number of rotatable bonds is 7. The van der Waals surface area contributed by atoms with E-state index in [-0.39, 0.29) is 12.4 Å². The summed E-state index contributed by atoms with van der Waals surface area (Å²) in [5, 5.41) is 3.41. The number of ether oxygens (including phenoxy) is 1. The van der Waals surface area contributed by atoms with E-state index in [2.05, 4.69) is 28.5 Å². The van der Waals surface area contributed by atoms with Crippen LogP contribution in [-0.2, 0) is 19.7 Å². The fourth-order valence-corrected chi connectivity index (χ4v) is 2.35. The summed E-state index contributed by atoms with van der Waals surface area (Å²) in [6, 6.07) is 24.3. The third kappa shape index (κ3) is 5.37. The van der Waals surface area contributed by atoms with Gasteiger partial charge in [-0.05, 0) is 23.8 Å². The molecule has 0 unspecified atom stereocenters. The quantitative estimate of drug-likeness (QED) is 0.693. The zero-order valence-corrected chi connectivity index (χ0v) is 14.2. The molecule has 0 aliphatic rings. The maximum absolute atomic E-state index is 5.97. The lowest BCUT2D eigenvalue weighted by Crippen LogP contribution is -2.14. The molecule has 1 N–H and O–H groups in total. The second-order valence-electron chi connectivity index (χ2n) is 5.31. The average molecular weight is 341 g/mol. The number of nitrogens with one attached hydrogen (secondary N) is 1. The highest BCUT2D eigenvalue weighted by molar-refractivity contribution is 5.85. The van der Waals surface area contributed by atoms with E-state index in [0.717, 1.165) is 30.1 Å². The van der Waals surface area contributed by atoms with Crippen LogP contribution in [0.4, 0.5) is 0 Å². The van der Waals surface area contributed by atoms with Crippen LogP contribution in [-0.4, -0.2) is 4.98 Å². The zero-order valence-electron chi connectivity index (χ0n) is 13.4. The molecule has 1 aromatic heterocycles. The third-order valence-electron chi connectivity index (χ3n) is 3.56. The van der Waals surface area contributed by atoms with E-state index in [4.69, 9.17) is 4.74 Å². The van der Waals surface area contributed by atoms with Crippen LogP contribution in [0.1, 0.15) is 16.8 Å². The Labute approximate surface area is 149 Å². The highest BCUT2D eigenvalue weighted by Crippen LogP contribution is 2.19. The summed E-state index contributed by atoms with van der Waals surface area (Å²) in [5.74, 6) is 0.921. The summed E-state index contributed by atoms with van der Waals surface area (Å²) >= 11 is 0. The first-order valence-corrected chi connectivity index (χ1v) is 7.77. The van der Waals surface area contributed by atoms with E-state index >= 15 is 0 Å². The van der Waals surface area contributed by atoms with Crippen LogP contribution in [0.15, 0.2) is 79.0 Å². The maximum Gasteiger partial charge on any atom is 0.124 e. The molecule has 0 saturated carbocycles. The Hall–Kier alpha value is -2.36. The number of nitrogens with zero attached hydrogens (tertiary/aromatic N) is 1. The minimum absolute atomic E-state index is 0. The monoisotopic (exact) mass is 340 g/mol. The first-order valence-electron chi connectivity index (χ1n) is 7.77. The molecule has 0 atom stereocenters. The van der Waals surface area contributed by atoms with Crippen LogP contribution in [0.3, 0.4) is 0 Å². The number of benzene rings is 2. The van der Waals surface area contributed by atoms with Gasteiger partial charge in [-0.2, -0.15) is 0 Å². The summed E-state index contributed by atoms with van der Waals surface area (Å²) in [5.41, 5.74) is 3.36. The highest BCUT2D eigenvalue weighted by atomic mass is 35.5. The van der Waals surface area contributed by atoms with E-state index in [1.807, 2.05) is 60.8 Å². The molecule has 0 amide bonds. The molecular weight excluding hydrogens is 320 g/mol. The van der Waals surface area contributed by atoms with Gasteiger partial charge in [0, 0.05) is 24.8 Å². The fraction of sp³-hybridized carbons (Fsp3) is 0.150. The lowest BCUT2D eigenvalue weighted by molar-refractivity contribution is 0.302. The Kier molecular flexibility index (Phi) is 7.27. The number of para-hydroxylation sites is 1. The van der Waals surface area contributed by atoms with E-state index in [1.54, 1.807) is 0 Å². The van der Waals surface area contributed by atoms with Crippen molar-refractivity contribution in [3.8, 4) is 5.75 Å². The SMILES string of the molecule is Cl.c1ccc(COc2ccccc2CNCc2ccccn2)cc1. The minimum Gasteiger partial charge on any atom is -0.489 e. The second-order valence-corrected chi connectivity index (χ2v) is 5.31. The molecule has 3 aromatic rings. The first-order chi connectivity index (χ1) is 11.4. The van der Waals surface area contributed by atoms with E-state index in [1.165, 1.54) is 5.56 Å². The predicted molar refractivity (Wildman–Crippen MR) is 99.2 cm³/mol. The van der Waals surface area contributed by atoms with Gasteiger partial charge >= 0.3 is 0 Å². The molecular formula is C20H21ClN2O. The summed E-state index contributed by atoms with van der Waals surface area (Å²) in [4.78, 5) is 4.31. The van der Waals surface area contributed by atoms with Gasteiger partial charge < -0.3 is 10.1 Å². The summed E-state index contributed by atoms with van der Waals surface area (Å²) in [6.07, 6.45) is 1.81. The maximum atomic E-state index is 5.97. The molecule has 0 aliphatic heterocycles. The standard InChI is InChI=1S/C20H20N2O.ClH/c1-2-8-17(9-3-1)16-23-20-12-5-4-10-18(20)14-21-15-19-11-6-7-13-22-19;/h1-13,21H,14-16H2;1H. The van der Waals surface area contributed by atoms with E-state index < -0.39 is 0 Å². The summed E-state index contributed by atoms with van der Waals surface area (Å²) in [7, 11) is 0. The number of aromatic nitrogens is 1. The number of hydrogen-bond acceptors (Lipinski definition) is 3. The molecule has 0 spiro atoms. The largest absolute Gasteiger partial charge is 0.489 e. The Morgan fingerprint density at radius 2 is 1.54 bits per heavy atom. The van der Waals surface area contributed by atoms with Gasteiger partial charge in [0.2, 0.25) is 0 Å². The zero-order chi connectivity index (χ0) is 15.7. The van der Waals surface area contributed by atoms with Crippen molar-refractivity contribution in [2.75, 3.05) is 0 Å². The molecule has 0 bridgehead atoms. The van der Waals surface area contributed by atoms with Gasteiger partial charge in [-0.3, -0.25) is 4.98 Å². The fourth-order valence-electron chi connectivity index (χ4n) is 2.35. The smallest absolute Gasteiger partial charge is 0.124 e. The molecule has 3 rings (SSSR count). The first kappa shape index (κ1) is 18.0. The highest BCUT2D eigenvalue weighted by Gasteiger charge is 2.03. The average Bonchev–Trinajstić information content (AvgIpc) is 2.63. The van der Waals surface area contributed by atoms with Crippen molar-refractivity contribution in [1.29, 1.82) is 0 Å². The number of pyridine rings is 1. The molecule has 0 radical (unpaired) electrons. The Balaban J connectivity index is 0.00000208. The van der Waals surface area contributed by atoms with Crippen molar-refractivity contribution in [2.24, 2.45) is 0 Å². The predicted octanol–water partition coefficient (Wildman–Crippen LogP) is 4.37. The van der Waals surface area contributed by atoms with Crippen molar-refractivity contribution >= 4 is 12.4 Å². The summed E-state index contributed by atoms with van der Waals surface area (Å²) in [6.45, 7) is 2.08. The van der Waals surface area contributed by atoms with Crippen molar-refractivity contribution in [3.63, 3.8) is 0 Å². The van der Waals surface area contributed by atoms with Crippen LogP contribution in [0, 0.1) is 0 Å². The lowest BCUT2D eigenvalue weighted by Gasteiger charge is -2.12. The molecule has 4 heteroatoms. The molecule has 124 valence electrons. The second kappa shape index (κ2) is 9.71. The van der Waals surface area contributed by atoms with Crippen LogP contribution in [0.5, 0.6) is 5.75 Å². The van der Waals surface area contributed by atoms with Crippen LogP contribution in [0.25, 0.3) is 0 Å². The third-order valence-corrected chi connectivity index (χ3v) is 3.56. The summed E-state index contributed by atoms with van der Waals surface area (Å²) < 4.78 is 5.97. The lowest BCUT2D eigenvalue weighted by atomic mass is 10.2.